The van der Waals surface area contributed by atoms with Crippen LogP contribution in [0.3, 0.4) is 0 Å². The fraction of sp³-hybridized carbons (Fsp3) is 0.412. The Morgan fingerprint density at radius 3 is 3.04 bits per heavy atom. The molecule has 1 aliphatic heterocycles. The van der Waals surface area contributed by atoms with E-state index in [1.807, 2.05) is 13.0 Å². The Balaban J connectivity index is 1.54. The topological polar surface area (TPSA) is 54.5 Å². The highest BCUT2D eigenvalue weighted by atomic mass is 32.1. The van der Waals surface area contributed by atoms with Crippen LogP contribution in [0.25, 0.3) is 0 Å². The molecule has 0 bridgehead atoms. The molecule has 0 unspecified atom stereocenters. The number of rotatable bonds is 5. The van der Waals surface area contributed by atoms with Crippen LogP contribution in [0.1, 0.15) is 23.0 Å². The number of thiazole rings is 1. The summed E-state index contributed by atoms with van der Waals surface area (Å²) in [7, 11) is 0. The van der Waals surface area contributed by atoms with E-state index < -0.39 is 0 Å². The number of nitrogens with one attached hydrogen (secondary N) is 1. The van der Waals surface area contributed by atoms with E-state index in [4.69, 9.17) is 4.74 Å². The highest BCUT2D eigenvalue weighted by Crippen LogP contribution is 2.13. The third kappa shape index (κ3) is 4.37. The molecule has 122 valence electrons. The molecule has 1 aromatic heterocycles. The zero-order valence-electron chi connectivity index (χ0n) is 13.1. The lowest BCUT2D eigenvalue weighted by molar-refractivity contribution is -0.0449. The minimum Gasteiger partial charge on any atom is -0.373 e. The van der Waals surface area contributed by atoms with Gasteiger partial charge in [-0.3, -0.25) is 9.69 Å². The molecule has 0 spiro atoms. The molecule has 0 radical (unpaired) electrons. The summed E-state index contributed by atoms with van der Waals surface area (Å²) >= 11 is 1.42. The largest absolute Gasteiger partial charge is 0.373 e. The van der Waals surface area contributed by atoms with Crippen molar-refractivity contribution in [2.45, 2.75) is 25.6 Å². The number of aromatic nitrogens is 1. The van der Waals surface area contributed by atoms with Crippen molar-refractivity contribution in [1.29, 1.82) is 0 Å². The third-order valence-corrected chi connectivity index (χ3v) is 4.59. The van der Waals surface area contributed by atoms with Crippen molar-refractivity contribution >= 4 is 17.2 Å². The van der Waals surface area contributed by atoms with Crippen molar-refractivity contribution in [2.24, 2.45) is 0 Å². The van der Waals surface area contributed by atoms with E-state index in [1.54, 1.807) is 10.9 Å². The van der Waals surface area contributed by atoms with Gasteiger partial charge in [0.15, 0.2) is 0 Å². The Morgan fingerprint density at radius 1 is 1.48 bits per heavy atom. The van der Waals surface area contributed by atoms with E-state index in [0.29, 0.717) is 12.3 Å². The van der Waals surface area contributed by atoms with E-state index in [9.17, 15) is 4.79 Å². The minimum atomic E-state index is -0.137. The molecule has 23 heavy (non-hydrogen) atoms. The fourth-order valence-electron chi connectivity index (χ4n) is 2.72. The second kappa shape index (κ2) is 7.68. The number of amides is 1. The van der Waals surface area contributed by atoms with Crippen LogP contribution < -0.4 is 5.32 Å². The van der Waals surface area contributed by atoms with Gasteiger partial charge in [-0.25, -0.2) is 4.98 Å². The van der Waals surface area contributed by atoms with Crippen molar-refractivity contribution in [3.63, 3.8) is 0 Å². The molecule has 2 heterocycles. The van der Waals surface area contributed by atoms with Crippen LogP contribution >= 0.6 is 11.3 Å². The number of ether oxygens (including phenoxy) is 1. The number of nitrogens with zero attached hydrogens (tertiary/aromatic N) is 2. The molecule has 1 aromatic carbocycles. The lowest BCUT2D eigenvalue weighted by Crippen LogP contribution is -2.52. The van der Waals surface area contributed by atoms with Crippen molar-refractivity contribution in [3.8, 4) is 0 Å². The minimum absolute atomic E-state index is 0.00459. The smallest absolute Gasteiger partial charge is 0.271 e. The third-order valence-electron chi connectivity index (χ3n) is 4.01. The number of hydrogen-bond acceptors (Lipinski definition) is 5. The quantitative estimate of drug-likeness (QED) is 0.912. The lowest BCUT2D eigenvalue weighted by atomic mass is 10.1. The molecule has 1 fully saturated rings. The molecule has 1 aliphatic rings. The summed E-state index contributed by atoms with van der Waals surface area (Å²) in [5, 5.41) is 4.75. The van der Waals surface area contributed by atoms with E-state index in [1.165, 1.54) is 16.9 Å². The standard InChI is InChI=1S/C17H21N3O2S/c1-13(19-17(21)15-11-23-12-18-15)16-10-20(7-8-22-16)9-14-5-3-2-4-6-14/h2-6,11-13,16H,7-10H2,1H3,(H,19,21)/t13-,16+/m0/s1. The zero-order valence-corrected chi connectivity index (χ0v) is 14.0. The lowest BCUT2D eigenvalue weighted by Gasteiger charge is -2.36. The molecule has 2 atom stereocenters. The fourth-order valence-corrected chi connectivity index (χ4v) is 3.25. The van der Waals surface area contributed by atoms with Crippen molar-refractivity contribution in [3.05, 3.63) is 52.5 Å². The first-order valence-corrected chi connectivity index (χ1v) is 8.73. The molecular formula is C17H21N3O2S. The average molecular weight is 331 g/mol. The van der Waals surface area contributed by atoms with Crippen LogP contribution in [-0.4, -0.2) is 47.6 Å². The molecule has 2 aromatic rings. The van der Waals surface area contributed by atoms with Gasteiger partial charge < -0.3 is 10.1 Å². The number of hydrogen-bond donors (Lipinski definition) is 1. The van der Waals surface area contributed by atoms with Gasteiger partial charge in [0.25, 0.3) is 5.91 Å². The van der Waals surface area contributed by atoms with Gasteiger partial charge in [-0.1, -0.05) is 30.3 Å². The summed E-state index contributed by atoms with van der Waals surface area (Å²) in [6.45, 7) is 5.31. The second-order valence-electron chi connectivity index (χ2n) is 5.77. The Hall–Kier alpha value is -1.76. The van der Waals surface area contributed by atoms with Gasteiger partial charge in [0.05, 0.1) is 24.3 Å². The summed E-state index contributed by atoms with van der Waals surface area (Å²) in [4.78, 5) is 18.5. The van der Waals surface area contributed by atoms with Gasteiger partial charge in [-0.15, -0.1) is 11.3 Å². The van der Waals surface area contributed by atoms with Gasteiger partial charge in [-0.05, 0) is 12.5 Å². The maximum Gasteiger partial charge on any atom is 0.271 e. The molecule has 1 saturated heterocycles. The predicted molar refractivity (Wildman–Crippen MR) is 90.5 cm³/mol. The molecule has 1 amide bonds. The summed E-state index contributed by atoms with van der Waals surface area (Å²) in [6, 6.07) is 10.4. The molecule has 0 saturated carbocycles. The van der Waals surface area contributed by atoms with Crippen molar-refractivity contribution in [2.75, 3.05) is 19.7 Å². The van der Waals surface area contributed by atoms with Crippen LogP contribution in [0.15, 0.2) is 41.2 Å². The summed E-state index contributed by atoms with van der Waals surface area (Å²) < 4.78 is 5.85. The van der Waals surface area contributed by atoms with E-state index in [2.05, 4.69) is 39.5 Å². The first kappa shape index (κ1) is 16.1. The molecule has 6 heteroatoms. The molecule has 5 nitrogen and oxygen atoms in total. The van der Waals surface area contributed by atoms with Crippen molar-refractivity contribution in [1.82, 2.24) is 15.2 Å². The molecular weight excluding hydrogens is 310 g/mol. The Bertz CT molecular complexity index is 618. The van der Waals surface area contributed by atoms with Crippen LogP contribution in [0.4, 0.5) is 0 Å². The van der Waals surface area contributed by atoms with Gasteiger partial charge >= 0.3 is 0 Å². The Morgan fingerprint density at radius 2 is 2.30 bits per heavy atom. The summed E-state index contributed by atoms with van der Waals surface area (Å²) in [6.07, 6.45) is -0.00459. The number of carbonyl (C=O) groups is 1. The van der Waals surface area contributed by atoms with Crippen LogP contribution in [0.2, 0.25) is 0 Å². The van der Waals surface area contributed by atoms with Gasteiger partial charge in [0, 0.05) is 25.0 Å². The molecule has 1 N–H and O–H groups in total. The Labute approximate surface area is 140 Å². The second-order valence-corrected chi connectivity index (χ2v) is 6.48. The van der Waals surface area contributed by atoms with E-state index >= 15 is 0 Å². The number of benzene rings is 1. The molecule has 0 aliphatic carbocycles. The van der Waals surface area contributed by atoms with Gasteiger partial charge in [0.1, 0.15) is 5.69 Å². The molecule has 3 rings (SSSR count). The van der Waals surface area contributed by atoms with Crippen LogP contribution in [0, 0.1) is 0 Å². The predicted octanol–water partition coefficient (Wildman–Crippen LogP) is 2.16. The number of morpholine rings is 1. The first-order chi connectivity index (χ1) is 11.2. The SMILES string of the molecule is C[C@H](NC(=O)c1cscn1)[C@H]1CN(Cc2ccccc2)CCO1. The highest BCUT2D eigenvalue weighted by molar-refractivity contribution is 7.07. The summed E-state index contributed by atoms with van der Waals surface area (Å²) in [5.74, 6) is -0.137. The van der Waals surface area contributed by atoms with Gasteiger partial charge in [0.2, 0.25) is 0 Å². The van der Waals surface area contributed by atoms with Crippen LogP contribution in [-0.2, 0) is 11.3 Å². The average Bonchev–Trinajstić information content (AvgIpc) is 3.10. The van der Waals surface area contributed by atoms with Crippen molar-refractivity contribution < 1.29 is 9.53 Å². The Kier molecular flexibility index (Phi) is 5.38. The van der Waals surface area contributed by atoms with E-state index in [-0.39, 0.29) is 18.1 Å². The van der Waals surface area contributed by atoms with Gasteiger partial charge in [-0.2, -0.15) is 0 Å². The summed E-state index contributed by atoms with van der Waals surface area (Å²) in [5.41, 5.74) is 3.43. The normalized spacial score (nSPS) is 20.1. The first-order valence-electron chi connectivity index (χ1n) is 7.79. The maximum atomic E-state index is 12.1. The number of carbonyl (C=O) groups excluding carboxylic acids is 1. The zero-order chi connectivity index (χ0) is 16.1. The maximum absolute atomic E-state index is 12.1. The monoisotopic (exact) mass is 331 g/mol. The van der Waals surface area contributed by atoms with E-state index in [0.717, 1.165) is 19.6 Å². The highest BCUT2D eigenvalue weighted by Gasteiger charge is 2.27. The van der Waals surface area contributed by atoms with Crippen LogP contribution in [0.5, 0.6) is 0 Å².